The van der Waals surface area contributed by atoms with Crippen molar-refractivity contribution in [2.75, 3.05) is 33.3 Å². The molecule has 3 heteroatoms. The first-order valence-electron chi connectivity index (χ1n) is 6.78. The number of nitrogens with zero attached hydrogens (tertiary/aromatic N) is 1. The zero-order valence-electron chi connectivity index (χ0n) is 11.8. The van der Waals surface area contributed by atoms with Gasteiger partial charge in [0.25, 0.3) is 0 Å². The predicted octanol–water partition coefficient (Wildman–Crippen LogP) is 2.11. The molecule has 18 heavy (non-hydrogen) atoms. The molecule has 1 aromatic rings. The van der Waals surface area contributed by atoms with Gasteiger partial charge in [-0.1, -0.05) is 6.07 Å². The van der Waals surface area contributed by atoms with Gasteiger partial charge < -0.3 is 10.1 Å². The lowest BCUT2D eigenvalue weighted by Crippen LogP contribution is -2.27. The van der Waals surface area contributed by atoms with Crippen LogP contribution >= 0.6 is 0 Å². The van der Waals surface area contributed by atoms with E-state index in [1.165, 1.54) is 29.7 Å². The molecule has 1 aromatic carbocycles. The highest BCUT2D eigenvalue weighted by Gasteiger charge is 2.12. The van der Waals surface area contributed by atoms with E-state index in [1.54, 1.807) is 7.11 Å². The van der Waals surface area contributed by atoms with Crippen molar-refractivity contribution in [2.45, 2.75) is 26.8 Å². The summed E-state index contributed by atoms with van der Waals surface area (Å²) >= 11 is 0. The fourth-order valence-electron chi connectivity index (χ4n) is 2.46. The first-order valence-corrected chi connectivity index (χ1v) is 6.78. The zero-order valence-corrected chi connectivity index (χ0v) is 11.8. The van der Waals surface area contributed by atoms with Gasteiger partial charge in [0, 0.05) is 25.2 Å². The molecule has 0 unspecified atom stereocenters. The van der Waals surface area contributed by atoms with Gasteiger partial charge in [-0.15, -0.1) is 0 Å². The molecule has 1 aliphatic rings. The molecule has 0 atom stereocenters. The Kier molecular flexibility index (Phi) is 4.61. The van der Waals surface area contributed by atoms with Crippen LogP contribution in [0.25, 0.3) is 0 Å². The molecular formula is C15H24N2O. The Labute approximate surface area is 110 Å². The molecular weight excluding hydrogens is 224 g/mol. The van der Waals surface area contributed by atoms with Gasteiger partial charge in [0.2, 0.25) is 0 Å². The zero-order chi connectivity index (χ0) is 13.0. The van der Waals surface area contributed by atoms with Crippen molar-refractivity contribution in [2.24, 2.45) is 0 Å². The Bertz CT molecular complexity index is 396. The van der Waals surface area contributed by atoms with E-state index in [0.29, 0.717) is 0 Å². The molecule has 0 spiro atoms. The molecule has 1 fully saturated rings. The van der Waals surface area contributed by atoms with Crippen molar-refractivity contribution in [3.63, 3.8) is 0 Å². The minimum atomic E-state index is 0.992. The molecule has 0 aromatic heterocycles. The van der Waals surface area contributed by atoms with Crippen LogP contribution in [-0.4, -0.2) is 38.2 Å². The number of hydrogen-bond acceptors (Lipinski definition) is 3. The molecule has 1 saturated heterocycles. The smallest absolute Gasteiger partial charge is 0.123 e. The summed E-state index contributed by atoms with van der Waals surface area (Å²) in [6.45, 7) is 9.82. The average molecular weight is 248 g/mol. The summed E-state index contributed by atoms with van der Waals surface area (Å²) in [5.41, 5.74) is 3.95. The first kappa shape index (κ1) is 13.4. The second kappa shape index (κ2) is 6.21. The van der Waals surface area contributed by atoms with Gasteiger partial charge in [-0.3, -0.25) is 4.90 Å². The number of rotatable bonds is 3. The van der Waals surface area contributed by atoms with Crippen LogP contribution in [-0.2, 0) is 6.54 Å². The summed E-state index contributed by atoms with van der Waals surface area (Å²) in [7, 11) is 1.76. The maximum Gasteiger partial charge on any atom is 0.123 e. The van der Waals surface area contributed by atoms with Crippen LogP contribution < -0.4 is 10.1 Å². The maximum absolute atomic E-state index is 5.51. The highest BCUT2D eigenvalue weighted by Crippen LogP contribution is 2.24. The molecule has 3 nitrogen and oxygen atoms in total. The minimum absolute atomic E-state index is 0.992. The molecule has 0 aliphatic carbocycles. The predicted molar refractivity (Wildman–Crippen MR) is 75.2 cm³/mol. The number of ether oxygens (including phenoxy) is 1. The van der Waals surface area contributed by atoms with E-state index in [9.17, 15) is 0 Å². The van der Waals surface area contributed by atoms with E-state index >= 15 is 0 Å². The molecule has 0 bridgehead atoms. The number of methoxy groups -OCH3 is 1. The second-order valence-electron chi connectivity index (χ2n) is 5.13. The lowest BCUT2D eigenvalue weighted by atomic mass is 10.0. The summed E-state index contributed by atoms with van der Waals surface area (Å²) in [5, 5.41) is 3.44. The Morgan fingerprint density at radius 2 is 1.94 bits per heavy atom. The van der Waals surface area contributed by atoms with Crippen LogP contribution in [0, 0.1) is 13.8 Å². The van der Waals surface area contributed by atoms with E-state index in [2.05, 4.69) is 36.2 Å². The van der Waals surface area contributed by atoms with E-state index in [0.717, 1.165) is 31.9 Å². The highest BCUT2D eigenvalue weighted by atomic mass is 16.5. The van der Waals surface area contributed by atoms with Gasteiger partial charge in [-0.25, -0.2) is 0 Å². The van der Waals surface area contributed by atoms with Crippen molar-refractivity contribution in [3.05, 3.63) is 28.8 Å². The van der Waals surface area contributed by atoms with Crippen molar-refractivity contribution >= 4 is 0 Å². The third kappa shape index (κ3) is 3.24. The molecule has 2 rings (SSSR count). The third-order valence-corrected chi connectivity index (χ3v) is 3.72. The lowest BCUT2D eigenvalue weighted by Gasteiger charge is -2.21. The van der Waals surface area contributed by atoms with Crippen LogP contribution in [0.4, 0.5) is 0 Å². The summed E-state index contributed by atoms with van der Waals surface area (Å²) in [5.74, 6) is 1.02. The van der Waals surface area contributed by atoms with E-state index < -0.39 is 0 Å². The molecule has 0 amide bonds. The number of hydrogen-bond donors (Lipinski definition) is 1. The van der Waals surface area contributed by atoms with Gasteiger partial charge >= 0.3 is 0 Å². The SMILES string of the molecule is COc1cc(C)c(C)cc1CN1CCCNCC1. The summed E-state index contributed by atoms with van der Waals surface area (Å²) < 4.78 is 5.51. The molecule has 100 valence electrons. The maximum atomic E-state index is 5.51. The van der Waals surface area contributed by atoms with Crippen molar-refractivity contribution < 1.29 is 4.74 Å². The van der Waals surface area contributed by atoms with E-state index in [-0.39, 0.29) is 0 Å². The fraction of sp³-hybridized carbons (Fsp3) is 0.600. The standard InChI is InChI=1S/C15H24N2O/c1-12-9-14(15(18-3)10-13(12)2)11-17-7-4-5-16-6-8-17/h9-10,16H,4-8,11H2,1-3H3. The Morgan fingerprint density at radius 3 is 2.72 bits per heavy atom. The van der Waals surface area contributed by atoms with Crippen LogP contribution in [0.2, 0.25) is 0 Å². The van der Waals surface area contributed by atoms with Crippen molar-refractivity contribution in [3.8, 4) is 5.75 Å². The molecule has 0 saturated carbocycles. The first-order chi connectivity index (χ1) is 8.70. The quantitative estimate of drug-likeness (QED) is 0.886. The average Bonchev–Trinajstić information content (AvgIpc) is 2.62. The highest BCUT2D eigenvalue weighted by molar-refractivity contribution is 5.41. The Morgan fingerprint density at radius 1 is 1.17 bits per heavy atom. The second-order valence-corrected chi connectivity index (χ2v) is 5.13. The van der Waals surface area contributed by atoms with Crippen LogP contribution in [0.3, 0.4) is 0 Å². The molecule has 0 radical (unpaired) electrons. The van der Waals surface area contributed by atoms with E-state index in [1.807, 2.05) is 0 Å². The largest absolute Gasteiger partial charge is 0.496 e. The Hall–Kier alpha value is -1.06. The van der Waals surface area contributed by atoms with Gasteiger partial charge in [0.15, 0.2) is 0 Å². The van der Waals surface area contributed by atoms with Crippen molar-refractivity contribution in [1.82, 2.24) is 10.2 Å². The Balaban J connectivity index is 2.14. The molecule has 1 N–H and O–H groups in total. The summed E-state index contributed by atoms with van der Waals surface area (Å²) in [6, 6.07) is 4.42. The van der Waals surface area contributed by atoms with Crippen LogP contribution in [0.15, 0.2) is 12.1 Å². The van der Waals surface area contributed by atoms with Crippen LogP contribution in [0.1, 0.15) is 23.1 Å². The number of aryl methyl sites for hydroxylation is 2. The topological polar surface area (TPSA) is 24.5 Å². The number of benzene rings is 1. The normalized spacial score (nSPS) is 17.5. The monoisotopic (exact) mass is 248 g/mol. The number of nitrogens with one attached hydrogen (secondary N) is 1. The van der Waals surface area contributed by atoms with Crippen molar-refractivity contribution in [1.29, 1.82) is 0 Å². The third-order valence-electron chi connectivity index (χ3n) is 3.72. The minimum Gasteiger partial charge on any atom is -0.496 e. The molecule has 1 aliphatic heterocycles. The van der Waals surface area contributed by atoms with Crippen LogP contribution in [0.5, 0.6) is 5.75 Å². The lowest BCUT2D eigenvalue weighted by molar-refractivity contribution is 0.278. The van der Waals surface area contributed by atoms with Gasteiger partial charge in [0.1, 0.15) is 5.75 Å². The van der Waals surface area contributed by atoms with Gasteiger partial charge in [0.05, 0.1) is 7.11 Å². The van der Waals surface area contributed by atoms with Gasteiger partial charge in [-0.05, 0) is 50.6 Å². The molecule has 1 heterocycles. The fourth-order valence-corrected chi connectivity index (χ4v) is 2.46. The summed E-state index contributed by atoms with van der Waals surface area (Å²) in [4.78, 5) is 2.51. The van der Waals surface area contributed by atoms with E-state index in [4.69, 9.17) is 4.74 Å². The summed E-state index contributed by atoms with van der Waals surface area (Å²) in [6.07, 6.45) is 1.23. The van der Waals surface area contributed by atoms with Gasteiger partial charge in [-0.2, -0.15) is 0 Å².